The number of nitrogens with zero attached hydrogens (tertiary/aromatic N) is 1. The average molecular weight is 313 g/mol. The van der Waals surface area contributed by atoms with Gasteiger partial charge in [0.1, 0.15) is 5.82 Å². The molecule has 2 aromatic carbocycles. The molecule has 0 spiro atoms. The number of rotatable bonds is 4. The first-order chi connectivity index (χ1) is 9.49. The lowest BCUT2D eigenvalue weighted by Crippen LogP contribution is -2.12. The predicted molar refractivity (Wildman–Crippen MR) is 84.5 cm³/mol. The number of benzene rings is 2. The number of para-hydroxylation sites is 1. The summed E-state index contributed by atoms with van der Waals surface area (Å²) in [5.74, 6) is -0.412. The zero-order valence-electron chi connectivity index (χ0n) is 11.3. The monoisotopic (exact) mass is 312 g/mol. The Morgan fingerprint density at radius 2 is 1.85 bits per heavy atom. The highest BCUT2D eigenvalue weighted by Gasteiger charge is 2.09. The van der Waals surface area contributed by atoms with Crippen molar-refractivity contribution in [1.29, 1.82) is 0 Å². The molecule has 0 unspecified atom stereocenters. The molecule has 2 aromatic rings. The first kappa shape index (κ1) is 14.9. The molecular formula is C15H15Cl2FN2. The molecule has 0 aliphatic heterocycles. The van der Waals surface area contributed by atoms with Gasteiger partial charge in [-0.2, -0.15) is 0 Å². The summed E-state index contributed by atoms with van der Waals surface area (Å²) in [6.07, 6.45) is 0. The van der Waals surface area contributed by atoms with Crippen LogP contribution in [0.3, 0.4) is 0 Å². The van der Waals surface area contributed by atoms with Crippen LogP contribution in [0.4, 0.5) is 15.8 Å². The molecule has 0 radical (unpaired) electrons. The van der Waals surface area contributed by atoms with E-state index in [9.17, 15) is 4.39 Å². The van der Waals surface area contributed by atoms with E-state index in [1.807, 2.05) is 37.2 Å². The molecule has 2 rings (SSSR count). The van der Waals surface area contributed by atoms with Gasteiger partial charge in [-0.05, 0) is 29.8 Å². The first-order valence-corrected chi connectivity index (χ1v) is 6.88. The second-order valence-corrected chi connectivity index (χ2v) is 5.45. The number of hydrogen-bond donors (Lipinski definition) is 1. The first-order valence-electron chi connectivity index (χ1n) is 6.12. The van der Waals surface area contributed by atoms with E-state index in [4.69, 9.17) is 23.2 Å². The van der Waals surface area contributed by atoms with Crippen LogP contribution in [0, 0.1) is 5.82 Å². The fourth-order valence-corrected chi connectivity index (χ4v) is 2.42. The quantitative estimate of drug-likeness (QED) is 0.871. The lowest BCUT2D eigenvalue weighted by atomic mass is 10.2. The molecule has 0 saturated carbocycles. The van der Waals surface area contributed by atoms with Gasteiger partial charge in [0, 0.05) is 20.6 Å². The molecule has 0 atom stereocenters. The van der Waals surface area contributed by atoms with Crippen molar-refractivity contribution in [3.05, 3.63) is 57.8 Å². The van der Waals surface area contributed by atoms with Gasteiger partial charge >= 0.3 is 0 Å². The highest BCUT2D eigenvalue weighted by Crippen LogP contribution is 2.32. The maximum atomic E-state index is 13.4. The zero-order chi connectivity index (χ0) is 14.7. The Morgan fingerprint density at radius 1 is 1.10 bits per heavy atom. The lowest BCUT2D eigenvalue weighted by molar-refractivity contribution is 0.626. The molecule has 0 amide bonds. The van der Waals surface area contributed by atoms with E-state index in [-0.39, 0.29) is 5.02 Å². The summed E-state index contributed by atoms with van der Waals surface area (Å²) in [7, 11) is 3.85. The van der Waals surface area contributed by atoms with Gasteiger partial charge in [-0.1, -0.05) is 35.3 Å². The smallest absolute Gasteiger partial charge is 0.142 e. The van der Waals surface area contributed by atoms with Crippen LogP contribution in [0.5, 0.6) is 0 Å². The van der Waals surface area contributed by atoms with Crippen LogP contribution in [-0.4, -0.2) is 14.1 Å². The van der Waals surface area contributed by atoms with Crippen molar-refractivity contribution < 1.29 is 4.39 Å². The third-order valence-corrected chi connectivity index (χ3v) is 3.51. The Hall–Kier alpha value is -1.45. The van der Waals surface area contributed by atoms with Crippen molar-refractivity contribution >= 4 is 34.6 Å². The maximum Gasteiger partial charge on any atom is 0.142 e. The molecule has 0 fully saturated rings. The number of nitrogens with one attached hydrogen (secondary N) is 1. The molecule has 0 aliphatic carbocycles. The second-order valence-electron chi connectivity index (χ2n) is 4.63. The van der Waals surface area contributed by atoms with Crippen LogP contribution in [0.25, 0.3) is 0 Å². The molecule has 2 nitrogen and oxygen atoms in total. The van der Waals surface area contributed by atoms with Crippen molar-refractivity contribution in [2.75, 3.05) is 24.3 Å². The highest BCUT2D eigenvalue weighted by atomic mass is 35.5. The topological polar surface area (TPSA) is 15.3 Å². The zero-order valence-corrected chi connectivity index (χ0v) is 12.8. The molecule has 0 bridgehead atoms. The molecule has 20 heavy (non-hydrogen) atoms. The summed E-state index contributed by atoms with van der Waals surface area (Å²) in [5, 5.41) is 4.06. The third-order valence-electron chi connectivity index (χ3n) is 2.90. The third kappa shape index (κ3) is 3.35. The van der Waals surface area contributed by atoms with Crippen LogP contribution in [0.1, 0.15) is 5.56 Å². The maximum absolute atomic E-state index is 13.4. The van der Waals surface area contributed by atoms with Gasteiger partial charge in [-0.3, -0.25) is 0 Å². The number of anilines is 2. The molecule has 5 heteroatoms. The second kappa shape index (κ2) is 6.33. The Labute approximate surface area is 128 Å². The minimum Gasteiger partial charge on any atom is -0.379 e. The lowest BCUT2D eigenvalue weighted by Gasteiger charge is -2.20. The van der Waals surface area contributed by atoms with Crippen molar-refractivity contribution in [2.45, 2.75) is 6.54 Å². The summed E-state index contributed by atoms with van der Waals surface area (Å²) >= 11 is 11.9. The number of hydrogen-bond acceptors (Lipinski definition) is 2. The minimum atomic E-state index is -0.412. The summed E-state index contributed by atoms with van der Waals surface area (Å²) in [5.41, 5.74) is 2.62. The molecule has 0 heterocycles. The molecule has 106 valence electrons. The SMILES string of the molecule is CN(C)c1c(Cl)cccc1NCc1ccc(Cl)c(F)c1. The van der Waals surface area contributed by atoms with Crippen molar-refractivity contribution in [1.82, 2.24) is 0 Å². The van der Waals surface area contributed by atoms with Crippen LogP contribution in [-0.2, 0) is 6.54 Å². The van der Waals surface area contributed by atoms with Gasteiger partial charge < -0.3 is 10.2 Å². The average Bonchev–Trinajstić information content (AvgIpc) is 2.39. The Balaban J connectivity index is 2.18. The van der Waals surface area contributed by atoms with Crippen LogP contribution >= 0.6 is 23.2 Å². The predicted octanol–water partition coefficient (Wildman–Crippen LogP) is 4.81. The standard InChI is InChI=1S/C15H15Cl2FN2/c1-20(2)15-12(17)4-3-5-14(15)19-9-10-6-7-11(16)13(18)8-10/h3-8,19H,9H2,1-2H3. The van der Waals surface area contributed by atoms with E-state index >= 15 is 0 Å². The summed E-state index contributed by atoms with van der Waals surface area (Å²) in [6, 6.07) is 10.4. The summed E-state index contributed by atoms with van der Waals surface area (Å²) < 4.78 is 13.4. The van der Waals surface area contributed by atoms with E-state index in [1.165, 1.54) is 6.07 Å². The Morgan fingerprint density at radius 3 is 2.50 bits per heavy atom. The molecule has 0 saturated heterocycles. The van der Waals surface area contributed by atoms with Gasteiger partial charge in [0.25, 0.3) is 0 Å². The van der Waals surface area contributed by atoms with Crippen molar-refractivity contribution in [3.63, 3.8) is 0 Å². The molecule has 0 aromatic heterocycles. The molecule has 0 aliphatic rings. The van der Waals surface area contributed by atoms with Crippen LogP contribution < -0.4 is 10.2 Å². The Kier molecular flexibility index (Phi) is 4.73. The highest BCUT2D eigenvalue weighted by molar-refractivity contribution is 6.34. The van der Waals surface area contributed by atoms with Gasteiger partial charge in [-0.25, -0.2) is 4.39 Å². The van der Waals surface area contributed by atoms with Crippen molar-refractivity contribution in [2.24, 2.45) is 0 Å². The number of halogens is 3. The minimum absolute atomic E-state index is 0.130. The van der Waals surface area contributed by atoms with E-state index in [2.05, 4.69) is 5.32 Å². The molecular weight excluding hydrogens is 298 g/mol. The van der Waals surface area contributed by atoms with E-state index in [1.54, 1.807) is 12.1 Å². The van der Waals surface area contributed by atoms with Crippen LogP contribution in [0.2, 0.25) is 10.0 Å². The van der Waals surface area contributed by atoms with Gasteiger partial charge in [0.15, 0.2) is 0 Å². The summed E-state index contributed by atoms with van der Waals surface area (Å²) in [6.45, 7) is 0.495. The van der Waals surface area contributed by atoms with Crippen molar-refractivity contribution in [3.8, 4) is 0 Å². The fourth-order valence-electron chi connectivity index (χ4n) is 1.96. The Bertz CT molecular complexity index is 615. The largest absolute Gasteiger partial charge is 0.379 e. The fraction of sp³-hybridized carbons (Fsp3) is 0.200. The van der Waals surface area contributed by atoms with E-state index in [0.717, 1.165) is 16.9 Å². The van der Waals surface area contributed by atoms with Gasteiger partial charge in [0.05, 0.1) is 21.4 Å². The van der Waals surface area contributed by atoms with E-state index in [0.29, 0.717) is 11.6 Å². The van der Waals surface area contributed by atoms with E-state index < -0.39 is 5.82 Å². The van der Waals surface area contributed by atoms with Gasteiger partial charge in [-0.15, -0.1) is 0 Å². The van der Waals surface area contributed by atoms with Gasteiger partial charge in [0.2, 0.25) is 0 Å². The molecule has 1 N–H and O–H groups in total. The van der Waals surface area contributed by atoms with Crippen LogP contribution in [0.15, 0.2) is 36.4 Å². The normalized spacial score (nSPS) is 10.4. The summed E-state index contributed by atoms with van der Waals surface area (Å²) in [4.78, 5) is 1.94.